The number of aromatic nitrogens is 2. The number of hydrogen-bond donors (Lipinski definition) is 2. The van der Waals surface area contributed by atoms with Gasteiger partial charge in [-0.2, -0.15) is 13.2 Å². The lowest BCUT2D eigenvalue weighted by Gasteiger charge is -2.05. The normalized spacial score (nSPS) is 14.3. The van der Waals surface area contributed by atoms with Crippen molar-refractivity contribution in [3.05, 3.63) is 29.6 Å². The first-order valence-corrected chi connectivity index (χ1v) is 4.70. The molecule has 6 heteroatoms. The summed E-state index contributed by atoms with van der Waals surface area (Å²) in [5.41, 5.74) is 5.73. The van der Waals surface area contributed by atoms with E-state index in [1.807, 2.05) is 0 Å². The smallest absolute Gasteiger partial charge is 0.341 e. The zero-order valence-electron chi connectivity index (χ0n) is 8.47. The van der Waals surface area contributed by atoms with E-state index in [-0.39, 0.29) is 6.04 Å². The third-order valence-corrected chi connectivity index (χ3v) is 2.26. The van der Waals surface area contributed by atoms with Gasteiger partial charge in [-0.05, 0) is 25.1 Å². The van der Waals surface area contributed by atoms with E-state index < -0.39 is 11.7 Å². The molecule has 1 aromatic carbocycles. The summed E-state index contributed by atoms with van der Waals surface area (Å²) >= 11 is 0. The lowest BCUT2D eigenvalue weighted by atomic mass is 10.2. The first kappa shape index (κ1) is 10.9. The van der Waals surface area contributed by atoms with Gasteiger partial charge in [0, 0.05) is 0 Å². The Morgan fingerprint density at radius 2 is 2.06 bits per heavy atom. The Balaban J connectivity index is 2.54. The van der Waals surface area contributed by atoms with E-state index in [9.17, 15) is 13.2 Å². The summed E-state index contributed by atoms with van der Waals surface area (Å²) in [5, 5.41) is 0. The third kappa shape index (κ3) is 1.88. The summed E-state index contributed by atoms with van der Waals surface area (Å²) in [5.74, 6) is 0.481. The van der Waals surface area contributed by atoms with Crippen LogP contribution in [-0.4, -0.2) is 9.97 Å². The number of benzene rings is 1. The van der Waals surface area contributed by atoms with Crippen LogP contribution < -0.4 is 5.73 Å². The van der Waals surface area contributed by atoms with Crippen LogP contribution in [0.3, 0.4) is 0 Å². The van der Waals surface area contributed by atoms with Crippen LogP contribution in [0.2, 0.25) is 0 Å². The number of rotatable bonds is 1. The summed E-state index contributed by atoms with van der Waals surface area (Å²) < 4.78 is 37.3. The summed E-state index contributed by atoms with van der Waals surface area (Å²) in [4.78, 5) is 6.86. The van der Waals surface area contributed by atoms with E-state index in [0.29, 0.717) is 16.9 Å². The third-order valence-electron chi connectivity index (χ3n) is 2.26. The van der Waals surface area contributed by atoms with Gasteiger partial charge in [0.05, 0.1) is 22.6 Å². The molecule has 0 amide bonds. The number of imidazole rings is 1. The Morgan fingerprint density at radius 3 is 2.62 bits per heavy atom. The molecule has 16 heavy (non-hydrogen) atoms. The molecule has 0 radical (unpaired) electrons. The minimum Gasteiger partial charge on any atom is -0.341 e. The lowest BCUT2D eigenvalue weighted by molar-refractivity contribution is -0.137. The molecule has 3 nitrogen and oxygen atoms in total. The molecule has 1 atom stereocenters. The summed E-state index contributed by atoms with van der Waals surface area (Å²) in [6.45, 7) is 1.71. The molecule has 0 aliphatic carbocycles. The molecule has 1 aromatic heterocycles. The number of fused-ring (bicyclic) bond motifs is 1. The Hall–Kier alpha value is -1.56. The number of alkyl halides is 3. The summed E-state index contributed by atoms with van der Waals surface area (Å²) in [6.07, 6.45) is -4.34. The molecule has 1 heterocycles. The maximum Gasteiger partial charge on any atom is 0.416 e. The van der Waals surface area contributed by atoms with Crippen molar-refractivity contribution in [1.82, 2.24) is 9.97 Å². The van der Waals surface area contributed by atoms with Gasteiger partial charge in [0.25, 0.3) is 0 Å². The van der Waals surface area contributed by atoms with Gasteiger partial charge in [0.2, 0.25) is 0 Å². The van der Waals surface area contributed by atoms with Gasteiger partial charge in [-0.15, -0.1) is 0 Å². The molecule has 2 aromatic rings. The number of H-pyrrole nitrogens is 1. The highest BCUT2D eigenvalue weighted by Gasteiger charge is 2.30. The summed E-state index contributed by atoms with van der Waals surface area (Å²) in [7, 11) is 0. The predicted octanol–water partition coefficient (Wildman–Crippen LogP) is 2.60. The fourth-order valence-electron chi connectivity index (χ4n) is 1.42. The standard InChI is InChI=1S/C10H10F3N3/c1-5(14)9-15-7-3-2-6(10(11,12)13)4-8(7)16-9/h2-5H,14H2,1H3,(H,15,16)/t5-/m0/s1. The first-order valence-electron chi connectivity index (χ1n) is 4.70. The van der Waals surface area contributed by atoms with E-state index >= 15 is 0 Å². The van der Waals surface area contributed by atoms with Crippen molar-refractivity contribution in [3.8, 4) is 0 Å². The van der Waals surface area contributed by atoms with E-state index in [1.165, 1.54) is 6.07 Å². The molecule has 86 valence electrons. The van der Waals surface area contributed by atoms with Gasteiger partial charge < -0.3 is 10.7 Å². The molecule has 3 N–H and O–H groups in total. The van der Waals surface area contributed by atoms with E-state index in [0.717, 1.165) is 12.1 Å². The van der Waals surface area contributed by atoms with E-state index in [2.05, 4.69) is 9.97 Å². The lowest BCUT2D eigenvalue weighted by Crippen LogP contribution is -2.06. The van der Waals surface area contributed by atoms with E-state index in [4.69, 9.17) is 5.73 Å². The van der Waals surface area contributed by atoms with Crippen LogP contribution in [0.15, 0.2) is 18.2 Å². The zero-order valence-corrected chi connectivity index (χ0v) is 8.47. The van der Waals surface area contributed by atoms with E-state index in [1.54, 1.807) is 6.92 Å². The largest absolute Gasteiger partial charge is 0.416 e. The second kappa shape index (κ2) is 3.48. The molecular formula is C10H10F3N3. The Bertz CT molecular complexity index is 513. The summed E-state index contributed by atoms with van der Waals surface area (Å²) in [6, 6.07) is 3.05. The fraction of sp³-hybridized carbons (Fsp3) is 0.300. The minimum atomic E-state index is -4.34. The van der Waals surface area contributed by atoms with Crippen molar-refractivity contribution in [3.63, 3.8) is 0 Å². The highest BCUT2D eigenvalue weighted by atomic mass is 19.4. The van der Waals surface area contributed by atoms with Crippen molar-refractivity contribution in [2.75, 3.05) is 0 Å². The Morgan fingerprint density at radius 1 is 1.38 bits per heavy atom. The van der Waals surface area contributed by atoms with Crippen LogP contribution >= 0.6 is 0 Å². The van der Waals surface area contributed by atoms with Gasteiger partial charge in [-0.1, -0.05) is 0 Å². The quantitative estimate of drug-likeness (QED) is 0.789. The van der Waals surface area contributed by atoms with Gasteiger partial charge in [0.1, 0.15) is 5.82 Å². The molecule has 0 bridgehead atoms. The SMILES string of the molecule is C[C@H](N)c1nc2ccc(C(F)(F)F)cc2[nH]1. The minimum absolute atomic E-state index is 0.332. The monoisotopic (exact) mass is 229 g/mol. The number of aromatic amines is 1. The molecule has 0 fully saturated rings. The zero-order chi connectivity index (χ0) is 11.9. The average molecular weight is 229 g/mol. The van der Waals surface area contributed by atoms with Crippen molar-refractivity contribution in [2.24, 2.45) is 5.73 Å². The van der Waals surface area contributed by atoms with Gasteiger partial charge >= 0.3 is 6.18 Å². The Labute approximate surface area is 89.5 Å². The van der Waals surface area contributed by atoms with Crippen LogP contribution in [0.4, 0.5) is 13.2 Å². The van der Waals surface area contributed by atoms with Crippen molar-refractivity contribution < 1.29 is 13.2 Å². The molecule has 0 aliphatic heterocycles. The molecule has 0 spiro atoms. The second-order valence-electron chi connectivity index (χ2n) is 3.64. The molecule has 0 aliphatic rings. The molecular weight excluding hydrogens is 219 g/mol. The number of halogens is 3. The maximum atomic E-state index is 12.4. The number of nitrogens with two attached hydrogens (primary N) is 1. The van der Waals surface area contributed by atoms with Crippen molar-refractivity contribution >= 4 is 11.0 Å². The molecule has 0 saturated carbocycles. The van der Waals surface area contributed by atoms with Crippen LogP contribution in [0.1, 0.15) is 24.4 Å². The molecule has 0 saturated heterocycles. The topological polar surface area (TPSA) is 54.7 Å². The first-order chi connectivity index (χ1) is 7.38. The maximum absolute atomic E-state index is 12.4. The average Bonchev–Trinajstić information content (AvgIpc) is 2.58. The van der Waals surface area contributed by atoms with Crippen LogP contribution in [0.5, 0.6) is 0 Å². The van der Waals surface area contributed by atoms with Crippen LogP contribution in [0.25, 0.3) is 11.0 Å². The fourth-order valence-corrected chi connectivity index (χ4v) is 1.42. The van der Waals surface area contributed by atoms with Gasteiger partial charge in [-0.25, -0.2) is 4.98 Å². The van der Waals surface area contributed by atoms with Crippen LogP contribution in [0, 0.1) is 0 Å². The molecule has 0 unspecified atom stereocenters. The molecule has 2 rings (SSSR count). The number of hydrogen-bond acceptors (Lipinski definition) is 2. The van der Waals surface area contributed by atoms with Crippen LogP contribution in [-0.2, 0) is 6.18 Å². The number of nitrogens with zero attached hydrogens (tertiary/aromatic N) is 1. The van der Waals surface area contributed by atoms with Crippen molar-refractivity contribution in [1.29, 1.82) is 0 Å². The van der Waals surface area contributed by atoms with Gasteiger partial charge in [-0.3, -0.25) is 0 Å². The Kier molecular flexibility index (Phi) is 2.38. The highest BCUT2D eigenvalue weighted by molar-refractivity contribution is 5.76. The second-order valence-corrected chi connectivity index (χ2v) is 3.64. The highest BCUT2D eigenvalue weighted by Crippen LogP contribution is 2.31. The predicted molar refractivity (Wildman–Crippen MR) is 53.7 cm³/mol. The van der Waals surface area contributed by atoms with Crippen molar-refractivity contribution in [2.45, 2.75) is 19.1 Å². The van der Waals surface area contributed by atoms with Gasteiger partial charge in [0.15, 0.2) is 0 Å². The number of nitrogens with one attached hydrogen (secondary N) is 1.